The van der Waals surface area contributed by atoms with Crippen molar-refractivity contribution in [1.29, 1.82) is 0 Å². The lowest BCUT2D eigenvalue weighted by Crippen LogP contribution is -2.26. The van der Waals surface area contributed by atoms with Crippen molar-refractivity contribution in [2.24, 2.45) is 10.9 Å². The molecule has 27 heavy (non-hydrogen) atoms. The molecule has 1 aliphatic heterocycles. The largest absolute Gasteiger partial charge is 0.364 e. The fourth-order valence-corrected chi connectivity index (χ4v) is 4.56. The summed E-state index contributed by atoms with van der Waals surface area (Å²) in [4.78, 5) is 5.15. The van der Waals surface area contributed by atoms with Crippen molar-refractivity contribution >= 4 is 5.84 Å². The van der Waals surface area contributed by atoms with Crippen molar-refractivity contribution in [3.05, 3.63) is 107 Å². The minimum absolute atomic E-state index is 0.146. The van der Waals surface area contributed by atoms with Crippen molar-refractivity contribution in [1.82, 2.24) is 5.32 Å². The monoisotopic (exact) mass is 352 g/mol. The van der Waals surface area contributed by atoms with E-state index >= 15 is 0 Å². The normalized spacial score (nSPS) is 21.6. The van der Waals surface area contributed by atoms with E-state index in [0.717, 1.165) is 12.3 Å². The smallest absolute Gasteiger partial charge is 0.101 e. The number of amidine groups is 1. The zero-order valence-corrected chi connectivity index (χ0v) is 15.4. The van der Waals surface area contributed by atoms with E-state index in [0.29, 0.717) is 5.92 Å². The predicted molar refractivity (Wildman–Crippen MR) is 111 cm³/mol. The Hall–Kier alpha value is -2.87. The number of nitrogens with one attached hydrogen (secondary N) is 1. The molecule has 0 saturated heterocycles. The first-order valence-corrected chi connectivity index (χ1v) is 9.87. The maximum Gasteiger partial charge on any atom is 0.101 e. The fourth-order valence-electron chi connectivity index (χ4n) is 4.56. The summed E-state index contributed by atoms with van der Waals surface area (Å²) < 4.78 is 0. The molecular formula is C25H24N2. The second-order valence-corrected chi connectivity index (χ2v) is 7.71. The molecule has 1 N–H and O–H groups in total. The number of nitrogens with zero attached hydrogens (tertiary/aromatic N) is 1. The van der Waals surface area contributed by atoms with Crippen molar-refractivity contribution in [2.45, 2.75) is 31.3 Å². The number of hydrogen-bond acceptors (Lipinski definition) is 2. The molecule has 0 radical (unpaired) electrons. The van der Waals surface area contributed by atoms with Gasteiger partial charge >= 0.3 is 0 Å². The van der Waals surface area contributed by atoms with Gasteiger partial charge in [0.2, 0.25) is 0 Å². The number of benzene rings is 3. The lowest BCUT2D eigenvalue weighted by molar-refractivity contribution is 0.558. The van der Waals surface area contributed by atoms with E-state index in [1.807, 2.05) is 0 Å². The number of hydrogen-bond donors (Lipinski definition) is 1. The zero-order chi connectivity index (χ0) is 18.1. The molecule has 0 aromatic heterocycles. The zero-order valence-electron chi connectivity index (χ0n) is 15.4. The van der Waals surface area contributed by atoms with Gasteiger partial charge in [0.15, 0.2) is 0 Å². The van der Waals surface area contributed by atoms with Crippen LogP contribution in [0.5, 0.6) is 0 Å². The molecule has 1 heterocycles. The van der Waals surface area contributed by atoms with Crippen LogP contribution in [0, 0.1) is 5.92 Å². The molecule has 0 saturated carbocycles. The highest BCUT2D eigenvalue weighted by Gasteiger charge is 2.32. The van der Waals surface area contributed by atoms with E-state index < -0.39 is 0 Å². The van der Waals surface area contributed by atoms with Crippen molar-refractivity contribution < 1.29 is 0 Å². The minimum Gasteiger partial charge on any atom is -0.364 e. The van der Waals surface area contributed by atoms with Crippen LogP contribution in [0.4, 0.5) is 0 Å². The van der Waals surface area contributed by atoms with Gasteiger partial charge in [-0.15, -0.1) is 0 Å². The summed E-state index contributed by atoms with van der Waals surface area (Å²) in [6.45, 7) is 0. The van der Waals surface area contributed by atoms with Crippen molar-refractivity contribution in [2.75, 3.05) is 0 Å². The third kappa shape index (κ3) is 3.28. The first-order chi connectivity index (χ1) is 13.4. The quantitative estimate of drug-likeness (QED) is 0.679. The number of rotatable bonds is 4. The molecule has 1 aliphatic carbocycles. The molecule has 0 spiro atoms. The van der Waals surface area contributed by atoms with E-state index in [1.165, 1.54) is 35.1 Å². The Kier molecular flexibility index (Phi) is 4.25. The molecule has 2 nitrogen and oxygen atoms in total. The summed E-state index contributed by atoms with van der Waals surface area (Å²) in [5, 5.41) is 3.76. The van der Waals surface area contributed by atoms with Gasteiger partial charge in [-0.25, -0.2) is 0 Å². The molecule has 3 aromatic carbocycles. The third-order valence-corrected chi connectivity index (χ3v) is 5.85. The first-order valence-electron chi connectivity index (χ1n) is 9.87. The minimum atomic E-state index is 0.146. The maximum absolute atomic E-state index is 5.15. The van der Waals surface area contributed by atoms with E-state index in [9.17, 15) is 0 Å². The Labute approximate surface area is 161 Å². The molecule has 2 heteroatoms. The standard InChI is InChI=1S/C25H24N2/c1-3-9-19(10-4-1)24-25(20-11-5-2-6-12-20)27-23(26-24)17-18-15-21-13-7-8-14-22(21)16-18/h1-14,18,24-25H,15-17H2,(H,26,27)/t24-,25+. The van der Waals surface area contributed by atoms with Gasteiger partial charge in [-0.3, -0.25) is 4.99 Å². The number of aliphatic imine (C=N–C) groups is 1. The summed E-state index contributed by atoms with van der Waals surface area (Å²) in [7, 11) is 0. The van der Waals surface area contributed by atoms with Crippen molar-refractivity contribution in [3.8, 4) is 0 Å². The molecule has 134 valence electrons. The van der Waals surface area contributed by atoms with Gasteiger partial charge in [0.25, 0.3) is 0 Å². The Morgan fingerprint density at radius 2 is 1.26 bits per heavy atom. The van der Waals surface area contributed by atoms with Gasteiger partial charge < -0.3 is 5.32 Å². The maximum atomic E-state index is 5.15. The van der Waals surface area contributed by atoms with Gasteiger partial charge in [0.1, 0.15) is 6.04 Å². The van der Waals surface area contributed by atoms with E-state index in [-0.39, 0.29) is 12.1 Å². The summed E-state index contributed by atoms with van der Waals surface area (Å²) in [5.41, 5.74) is 5.61. The molecule has 0 bridgehead atoms. The molecule has 0 unspecified atom stereocenters. The van der Waals surface area contributed by atoms with Gasteiger partial charge in [-0.05, 0) is 41.0 Å². The second kappa shape index (κ2) is 7.03. The van der Waals surface area contributed by atoms with Gasteiger partial charge in [-0.1, -0.05) is 84.9 Å². The molecule has 5 rings (SSSR count). The van der Waals surface area contributed by atoms with E-state index in [4.69, 9.17) is 4.99 Å². The van der Waals surface area contributed by atoms with Gasteiger partial charge in [0, 0.05) is 6.42 Å². The van der Waals surface area contributed by atoms with Crippen LogP contribution in [0.3, 0.4) is 0 Å². The average molecular weight is 352 g/mol. The molecular weight excluding hydrogens is 328 g/mol. The highest BCUT2D eigenvalue weighted by atomic mass is 15.1. The van der Waals surface area contributed by atoms with E-state index in [1.54, 1.807) is 0 Å². The second-order valence-electron chi connectivity index (χ2n) is 7.71. The van der Waals surface area contributed by atoms with Crippen LogP contribution < -0.4 is 5.32 Å². The Morgan fingerprint density at radius 3 is 1.89 bits per heavy atom. The molecule has 0 fully saturated rings. The van der Waals surface area contributed by atoms with Crippen LogP contribution in [-0.4, -0.2) is 5.84 Å². The van der Waals surface area contributed by atoms with Crippen LogP contribution in [-0.2, 0) is 12.8 Å². The van der Waals surface area contributed by atoms with Gasteiger partial charge in [0.05, 0.1) is 11.9 Å². The Bertz CT molecular complexity index is 921. The molecule has 2 atom stereocenters. The Morgan fingerprint density at radius 1 is 0.704 bits per heavy atom. The predicted octanol–water partition coefficient (Wildman–Crippen LogP) is 5.28. The van der Waals surface area contributed by atoms with E-state index in [2.05, 4.69) is 90.2 Å². The summed E-state index contributed by atoms with van der Waals surface area (Å²) in [5.74, 6) is 1.81. The van der Waals surface area contributed by atoms with Gasteiger partial charge in [-0.2, -0.15) is 0 Å². The van der Waals surface area contributed by atoms with Crippen LogP contribution in [0.2, 0.25) is 0 Å². The molecule has 0 amide bonds. The summed E-state index contributed by atoms with van der Waals surface area (Å²) in [6.07, 6.45) is 3.37. The van der Waals surface area contributed by atoms with Crippen LogP contribution in [0.1, 0.15) is 40.8 Å². The topological polar surface area (TPSA) is 24.4 Å². The van der Waals surface area contributed by atoms with Crippen LogP contribution in [0.25, 0.3) is 0 Å². The van der Waals surface area contributed by atoms with Crippen LogP contribution in [0.15, 0.2) is 89.9 Å². The lowest BCUT2D eigenvalue weighted by Gasteiger charge is -2.20. The molecule has 2 aliphatic rings. The summed E-state index contributed by atoms with van der Waals surface area (Å²) in [6, 6.07) is 30.6. The lowest BCUT2D eigenvalue weighted by atomic mass is 9.95. The SMILES string of the molecule is c1ccc([C@H]2N=C(CC3Cc4ccccc4C3)N[C@H]2c2ccccc2)cc1. The molecule has 3 aromatic rings. The highest BCUT2D eigenvalue weighted by Crippen LogP contribution is 2.38. The average Bonchev–Trinajstić information content (AvgIpc) is 3.33. The third-order valence-electron chi connectivity index (χ3n) is 5.85. The first kappa shape index (κ1) is 16.3. The van der Waals surface area contributed by atoms with Crippen LogP contribution >= 0.6 is 0 Å². The summed E-state index contributed by atoms with van der Waals surface area (Å²) >= 11 is 0. The number of fused-ring (bicyclic) bond motifs is 1. The Balaban J connectivity index is 1.39. The van der Waals surface area contributed by atoms with Crippen molar-refractivity contribution in [3.63, 3.8) is 0 Å². The highest BCUT2D eigenvalue weighted by molar-refractivity contribution is 5.85. The fraction of sp³-hybridized carbons (Fsp3) is 0.240.